The molecule has 0 saturated carbocycles. The average Bonchev–Trinajstić information content (AvgIpc) is 2.31. The molecule has 0 amide bonds. The van der Waals surface area contributed by atoms with Crippen LogP contribution in [0.5, 0.6) is 0 Å². The van der Waals surface area contributed by atoms with E-state index in [0.29, 0.717) is 10.6 Å². The first kappa shape index (κ1) is 12.4. The summed E-state index contributed by atoms with van der Waals surface area (Å²) in [5.41, 5.74) is 0.716. The zero-order valence-electron chi connectivity index (χ0n) is 9.51. The van der Waals surface area contributed by atoms with Crippen molar-refractivity contribution in [2.75, 3.05) is 0 Å². The van der Waals surface area contributed by atoms with Crippen LogP contribution in [0.2, 0.25) is 0 Å². The number of nitrogens with zero attached hydrogens (tertiary/aromatic N) is 1. The van der Waals surface area contributed by atoms with Crippen LogP contribution in [-0.2, 0) is 0 Å². The third-order valence-corrected chi connectivity index (χ3v) is 3.24. The zero-order chi connectivity index (χ0) is 13.1. The highest BCUT2D eigenvalue weighted by molar-refractivity contribution is 7.99. The van der Waals surface area contributed by atoms with E-state index in [1.165, 1.54) is 24.2 Å². The molecule has 6 heteroatoms. The quantitative estimate of drug-likeness (QED) is 0.826. The third-order valence-electron chi connectivity index (χ3n) is 2.32. The van der Waals surface area contributed by atoms with Crippen LogP contribution in [0.1, 0.15) is 15.9 Å². The maximum absolute atomic E-state index is 11.1. The molecule has 0 saturated heterocycles. The molecule has 0 unspecified atom stereocenters. The highest BCUT2D eigenvalue weighted by atomic mass is 32.2. The number of aryl methyl sites for hydroxylation is 1. The Morgan fingerprint density at radius 1 is 1.39 bits per heavy atom. The van der Waals surface area contributed by atoms with Crippen LogP contribution >= 0.6 is 11.8 Å². The SMILES string of the molecule is Cc1ccc(Sc2cc(=O)[nH]cn2)cc1C(=O)O. The van der Waals surface area contributed by atoms with Gasteiger partial charge in [-0.3, -0.25) is 4.79 Å². The molecule has 1 aromatic heterocycles. The first-order chi connectivity index (χ1) is 8.56. The summed E-state index contributed by atoms with van der Waals surface area (Å²) >= 11 is 1.25. The number of hydrogen-bond donors (Lipinski definition) is 2. The number of aromatic carboxylic acids is 1. The second-order valence-corrected chi connectivity index (χ2v) is 4.73. The van der Waals surface area contributed by atoms with Crippen LogP contribution in [0.25, 0.3) is 0 Å². The lowest BCUT2D eigenvalue weighted by atomic mass is 10.1. The van der Waals surface area contributed by atoms with Crippen LogP contribution in [0.3, 0.4) is 0 Å². The molecule has 0 atom stereocenters. The number of nitrogens with one attached hydrogen (secondary N) is 1. The highest BCUT2D eigenvalue weighted by Gasteiger charge is 2.09. The van der Waals surface area contributed by atoms with E-state index < -0.39 is 5.97 Å². The molecular weight excluding hydrogens is 252 g/mol. The standard InChI is InChI=1S/C12H10N2O3S/c1-7-2-3-8(4-9(7)12(16)17)18-11-5-10(15)13-6-14-11/h2-6H,1H3,(H,16,17)(H,13,14,15). The van der Waals surface area contributed by atoms with Crippen molar-refractivity contribution in [3.05, 3.63) is 52.1 Å². The van der Waals surface area contributed by atoms with Crippen molar-refractivity contribution in [1.29, 1.82) is 0 Å². The Morgan fingerprint density at radius 2 is 2.17 bits per heavy atom. The van der Waals surface area contributed by atoms with Gasteiger partial charge in [-0.1, -0.05) is 17.8 Å². The molecule has 18 heavy (non-hydrogen) atoms. The van der Waals surface area contributed by atoms with Crippen LogP contribution < -0.4 is 5.56 Å². The molecule has 5 nitrogen and oxygen atoms in total. The lowest BCUT2D eigenvalue weighted by molar-refractivity contribution is 0.0696. The Bertz CT molecular complexity index is 652. The summed E-state index contributed by atoms with van der Waals surface area (Å²) in [6, 6.07) is 6.48. The van der Waals surface area contributed by atoms with Crippen molar-refractivity contribution in [2.24, 2.45) is 0 Å². The minimum atomic E-state index is -0.964. The van der Waals surface area contributed by atoms with Gasteiger partial charge < -0.3 is 10.1 Å². The summed E-state index contributed by atoms with van der Waals surface area (Å²) < 4.78 is 0. The second-order valence-electron chi connectivity index (χ2n) is 3.63. The van der Waals surface area contributed by atoms with Gasteiger partial charge in [0.15, 0.2) is 0 Å². The van der Waals surface area contributed by atoms with Crippen molar-refractivity contribution in [1.82, 2.24) is 9.97 Å². The molecule has 1 heterocycles. The summed E-state index contributed by atoms with van der Waals surface area (Å²) in [7, 11) is 0. The summed E-state index contributed by atoms with van der Waals surface area (Å²) in [5.74, 6) is -0.964. The van der Waals surface area contributed by atoms with Gasteiger partial charge in [-0.15, -0.1) is 0 Å². The highest BCUT2D eigenvalue weighted by Crippen LogP contribution is 2.26. The van der Waals surface area contributed by atoms with Crippen LogP contribution in [0.4, 0.5) is 0 Å². The Hall–Kier alpha value is -2.08. The average molecular weight is 262 g/mol. The summed E-state index contributed by atoms with van der Waals surface area (Å²) in [4.78, 5) is 29.3. The van der Waals surface area contributed by atoms with E-state index in [1.807, 2.05) is 0 Å². The van der Waals surface area contributed by atoms with Crippen molar-refractivity contribution < 1.29 is 9.90 Å². The maximum Gasteiger partial charge on any atom is 0.335 e. The van der Waals surface area contributed by atoms with Crippen molar-refractivity contribution >= 4 is 17.7 Å². The fraction of sp³-hybridized carbons (Fsp3) is 0.0833. The van der Waals surface area contributed by atoms with E-state index in [2.05, 4.69) is 9.97 Å². The van der Waals surface area contributed by atoms with Crippen molar-refractivity contribution in [3.8, 4) is 0 Å². The Kier molecular flexibility index (Phi) is 3.47. The molecule has 0 aliphatic carbocycles. The van der Waals surface area contributed by atoms with Gasteiger partial charge in [-0.2, -0.15) is 0 Å². The fourth-order valence-corrected chi connectivity index (χ4v) is 2.25. The summed E-state index contributed by atoms with van der Waals surface area (Å²) in [6.07, 6.45) is 1.32. The Morgan fingerprint density at radius 3 is 2.83 bits per heavy atom. The largest absolute Gasteiger partial charge is 0.478 e. The van der Waals surface area contributed by atoms with Crippen LogP contribution in [-0.4, -0.2) is 21.0 Å². The molecule has 0 spiro atoms. The van der Waals surface area contributed by atoms with Gasteiger partial charge in [-0.25, -0.2) is 9.78 Å². The number of aromatic nitrogens is 2. The summed E-state index contributed by atoms with van der Waals surface area (Å²) in [5, 5.41) is 9.55. The number of carboxylic acid groups (broad SMARTS) is 1. The second kappa shape index (κ2) is 5.05. The first-order valence-electron chi connectivity index (χ1n) is 5.13. The maximum atomic E-state index is 11.1. The number of aromatic amines is 1. The molecule has 0 aliphatic rings. The normalized spacial score (nSPS) is 10.3. The van der Waals surface area contributed by atoms with Gasteiger partial charge in [0, 0.05) is 11.0 Å². The van der Waals surface area contributed by atoms with Crippen LogP contribution in [0.15, 0.2) is 45.3 Å². The number of carboxylic acids is 1. The van der Waals surface area contributed by atoms with Crippen molar-refractivity contribution in [3.63, 3.8) is 0 Å². The molecule has 0 bridgehead atoms. The zero-order valence-corrected chi connectivity index (χ0v) is 10.3. The topological polar surface area (TPSA) is 83.0 Å². The Balaban J connectivity index is 2.33. The van der Waals surface area contributed by atoms with E-state index in [-0.39, 0.29) is 11.1 Å². The molecule has 2 N–H and O–H groups in total. The van der Waals surface area contributed by atoms with Gasteiger partial charge in [0.1, 0.15) is 5.03 Å². The van der Waals surface area contributed by atoms with Gasteiger partial charge in [-0.05, 0) is 24.6 Å². The molecule has 0 fully saturated rings. The van der Waals surface area contributed by atoms with Crippen molar-refractivity contribution in [2.45, 2.75) is 16.8 Å². The molecule has 1 aromatic carbocycles. The minimum absolute atomic E-state index is 0.238. The monoisotopic (exact) mass is 262 g/mol. The van der Waals surface area contributed by atoms with E-state index in [1.54, 1.807) is 25.1 Å². The molecule has 0 aliphatic heterocycles. The van der Waals surface area contributed by atoms with Crippen LogP contribution in [0, 0.1) is 6.92 Å². The molecule has 92 valence electrons. The Labute approximate surface area is 107 Å². The molecule has 2 rings (SSSR count). The number of rotatable bonds is 3. The number of H-pyrrole nitrogens is 1. The smallest absolute Gasteiger partial charge is 0.335 e. The minimum Gasteiger partial charge on any atom is -0.478 e. The fourth-order valence-electron chi connectivity index (χ4n) is 1.42. The summed E-state index contributed by atoms with van der Waals surface area (Å²) in [6.45, 7) is 1.74. The lowest BCUT2D eigenvalue weighted by Crippen LogP contribution is -2.04. The number of carbonyl (C=O) groups is 1. The lowest BCUT2D eigenvalue weighted by Gasteiger charge is -2.04. The molecular formula is C12H10N2O3S. The predicted octanol–water partition coefficient (Wildman–Crippen LogP) is 1.93. The van der Waals surface area contributed by atoms with E-state index in [9.17, 15) is 9.59 Å². The van der Waals surface area contributed by atoms with E-state index >= 15 is 0 Å². The third kappa shape index (κ3) is 2.78. The van der Waals surface area contributed by atoms with Gasteiger partial charge >= 0.3 is 5.97 Å². The molecule has 0 radical (unpaired) electrons. The number of hydrogen-bond acceptors (Lipinski definition) is 4. The molecule has 2 aromatic rings. The van der Waals surface area contributed by atoms with Gasteiger partial charge in [0.25, 0.3) is 5.56 Å². The van der Waals surface area contributed by atoms with E-state index in [4.69, 9.17) is 5.11 Å². The van der Waals surface area contributed by atoms with Gasteiger partial charge in [0.2, 0.25) is 0 Å². The predicted molar refractivity (Wildman–Crippen MR) is 67.1 cm³/mol. The van der Waals surface area contributed by atoms with Gasteiger partial charge in [0.05, 0.1) is 11.9 Å². The van der Waals surface area contributed by atoms with E-state index in [0.717, 1.165) is 4.90 Å². The number of benzene rings is 1. The first-order valence-corrected chi connectivity index (χ1v) is 5.94.